The Morgan fingerprint density at radius 3 is 2.10 bits per heavy atom. The number of nitrogens with two attached hydrogens (primary N) is 1. The van der Waals surface area contributed by atoms with Crippen LogP contribution in [-0.4, -0.2) is 24.9 Å². The Kier molecular flexibility index (Phi) is 1.74. The summed E-state index contributed by atoms with van der Waals surface area (Å²) in [4.78, 5) is 0. The topological polar surface area (TPSA) is 80.4 Å². The Morgan fingerprint density at radius 1 is 1.50 bits per heavy atom. The average molecular weight is 165 g/mol. The van der Waals surface area contributed by atoms with Crippen LogP contribution in [0, 0.1) is 0 Å². The summed E-state index contributed by atoms with van der Waals surface area (Å²) in [5, 5.41) is 13.4. The Hall–Kier alpha value is -0.130. The maximum absolute atomic E-state index is 10.8. The number of hydrogen-bond donors (Lipinski definition) is 2. The van der Waals surface area contributed by atoms with Gasteiger partial charge in [-0.05, 0) is 19.3 Å². The standard InChI is InChI=1S/C5H11NO3S/c6-10(8,9)5(1-2-5)3-4-7/h7H,1-4H2,(H2,6,8,9). The van der Waals surface area contributed by atoms with E-state index in [4.69, 9.17) is 10.2 Å². The van der Waals surface area contributed by atoms with Gasteiger partial charge in [0.2, 0.25) is 10.0 Å². The lowest BCUT2D eigenvalue weighted by Gasteiger charge is -2.08. The molecule has 0 radical (unpaired) electrons. The van der Waals surface area contributed by atoms with Crippen molar-refractivity contribution in [2.75, 3.05) is 6.61 Å². The largest absolute Gasteiger partial charge is 0.396 e. The molecule has 0 bridgehead atoms. The number of rotatable bonds is 3. The molecule has 0 aliphatic heterocycles. The lowest BCUT2D eigenvalue weighted by Crippen LogP contribution is -2.31. The van der Waals surface area contributed by atoms with Crippen LogP contribution in [-0.2, 0) is 10.0 Å². The maximum Gasteiger partial charge on any atom is 0.214 e. The molecule has 4 nitrogen and oxygen atoms in total. The lowest BCUT2D eigenvalue weighted by atomic mass is 10.3. The summed E-state index contributed by atoms with van der Waals surface area (Å²) in [7, 11) is -3.41. The van der Waals surface area contributed by atoms with Crippen molar-refractivity contribution in [2.24, 2.45) is 5.14 Å². The number of sulfonamides is 1. The summed E-state index contributed by atoms with van der Waals surface area (Å²) >= 11 is 0. The Morgan fingerprint density at radius 2 is 2.00 bits per heavy atom. The van der Waals surface area contributed by atoms with Gasteiger partial charge in [-0.25, -0.2) is 13.6 Å². The molecular formula is C5H11NO3S. The van der Waals surface area contributed by atoms with Gasteiger partial charge in [-0.1, -0.05) is 0 Å². The highest BCUT2D eigenvalue weighted by molar-refractivity contribution is 7.90. The SMILES string of the molecule is NS(=O)(=O)C1(CCO)CC1. The summed E-state index contributed by atoms with van der Waals surface area (Å²) in [5.41, 5.74) is 0. The Balaban J connectivity index is 2.71. The van der Waals surface area contributed by atoms with Gasteiger partial charge in [0.05, 0.1) is 4.75 Å². The van der Waals surface area contributed by atoms with Crippen LogP contribution < -0.4 is 5.14 Å². The number of aliphatic hydroxyl groups is 1. The van der Waals surface area contributed by atoms with E-state index in [0.717, 1.165) is 0 Å². The van der Waals surface area contributed by atoms with E-state index in [9.17, 15) is 8.42 Å². The van der Waals surface area contributed by atoms with Gasteiger partial charge in [-0.15, -0.1) is 0 Å². The van der Waals surface area contributed by atoms with Crippen LogP contribution in [0.25, 0.3) is 0 Å². The molecular weight excluding hydrogens is 154 g/mol. The predicted molar refractivity (Wildman–Crippen MR) is 36.8 cm³/mol. The van der Waals surface area contributed by atoms with Crippen LogP contribution in [0.4, 0.5) is 0 Å². The van der Waals surface area contributed by atoms with Crippen molar-refractivity contribution in [1.29, 1.82) is 0 Å². The lowest BCUT2D eigenvalue weighted by molar-refractivity contribution is 0.282. The number of hydrogen-bond acceptors (Lipinski definition) is 3. The molecule has 1 rings (SSSR count). The minimum atomic E-state index is -3.41. The van der Waals surface area contributed by atoms with Crippen molar-refractivity contribution in [3.05, 3.63) is 0 Å². The van der Waals surface area contributed by atoms with Crippen LogP contribution in [0.5, 0.6) is 0 Å². The molecule has 0 spiro atoms. The Labute approximate surface area is 60.1 Å². The third-order valence-corrected chi connectivity index (χ3v) is 3.80. The maximum atomic E-state index is 10.8. The zero-order valence-electron chi connectivity index (χ0n) is 5.58. The van der Waals surface area contributed by atoms with Crippen molar-refractivity contribution >= 4 is 10.0 Å². The Bertz CT molecular complexity index is 217. The van der Waals surface area contributed by atoms with Gasteiger partial charge in [0.15, 0.2) is 0 Å². The van der Waals surface area contributed by atoms with Gasteiger partial charge in [0.1, 0.15) is 0 Å². The van der Waals surface area contributed by atoms with Gasteiger partial charge < -0.3 is 5.11 Å². The van der Waals surface area contributed by atoms with Gasteiger partial charge in [-0.2, -0.15) is 0 Å². The van der Waals surface area contributed by atoms with Crippen LogP contribution >= 0.6 is 0 Å². The van der Waals surface area contributed by atoms with Gasteiger partial charge in [0, 0.05) is 6.61 Å². The first-order valence-corrected chi connectivity index (χ1v) is 4.70. The minimum absolute atomic E-state index is 0.101. The monoisotopic (exact) mass is 165 g/mol. The average Bonchev–Trinajstić information content (AvgIpc) is 2.45. The molecule has 0 amide bonds. The van der Waals surface area contributed by atoms with E-state index in [0.29, 0.717) is 12.8 Å². The molecule has 10 heavy (non-hydrogen) atoms. The molecule has 0 atom stereocenters. The van der Waals surface area contributed by atoms with E-state index in [1.807, 2.05) is 0 Å². The minimum Gasteiger partial charge on any atom is -0.396 e. The summed E-state index contributed by atoms with van der Waals surface area (Å²) in [6.45, 7) is -0.101. The third-order valence-electron chi connectivity index (χ3n) is 1.98. The van der Waals surface area contributed by atoms with Crippen LogP contribution in [0.1, 0.15) is 19.3 Å². The van der Waals surface area contributed by atoms with Crippen molar-refractivity contribution in [3.63, 3.8) is 0 Å². The van der Waals surface area contributed by atoms with Gasteiger partial charge in [-0.3, -0.25) is 0 Å². The summed E-state index contributed by atoms with van der Waals surface area (Å²) < 4.78 is 20.8. The molecule has 1 fully saturated rings. The predicted octanol–water partition coefficient (Wildman–Crippen LogP) is -0.810. The van der Waals surface area contributed by atoms with Crippen LogP contribution in [0.2, 0.25) is 0 Å². The summed E-state index contributed by atoms with van der Waals surface area (Å²) in [5.74, 6) is 0. The molecule has 1 saturated carbocycles. The molecule has 3 N–H and O–H groups in total. The van der Waals surface area contributed by atoms with E-state index in [1.165, 1.54) is 0 Å². The molecule has 5 heteroatoms. The molecule has 0 heterocycles. The second kappa shape index (κ2) is 2.18. The second-order valence-electron chi connectivity index (χ2n) is 2.70. The van der Waals surface area contributed by atoms with Crippen molar-refractivity contribution in [3.8, 4) is 0 Å². The van der Waals surface area contributed by atoms with Crippen LogP contribution in [0.15, 0.2) is 0 Å². The number of primary sulfonamides is 1. The zero-order valence-corrected chi connectivity index (χ0v) is 6.39. The van der Waals surface area contributed by atoms with Crippen molar-refractivity contribution in [2.45, 2.75) is 24.0 Å². The molecule has 0 aromatic rings. The summed E-state index contributed by atoms with van der Waals surface area (Å²) in [6.07, 6.45) is 1.49. The van der Waals surface area contributed by atoms with Gasteiger partial charge >= 0.3 is 0 Å². The highest BCUT2D eigenvalue weighted by Gasteiger charge is 2.52. The highest BCUT2D eigenvalue weighted by atomic mass is 32.2. The van der Waals surface area contributed by atoms with Crippen LogP contribution in [0.3, 0.4) is 0 Å². The first-order chi connectivity index (χ1) is 4.52. The third kappa shape index (κ3) is 1.16. The fourth-order valence-electron chi connectivity index (χ4n) is 1.02. The molecule has 1 aliphatic carbocycles. The quantitative estimate of drug-likeness (QED) is 0.574. The molecule has 0 aromatic heterocycles. The first kappa shape index (κ1) is 7.97. The van der Waals surface area contributed by atoms with E-state index < -0.39 is 14.8 Å². The number of aliphatic hydroxyl groups excluding tert-OH is 1. The molecule has 0 unspecified atom stereocenters. The van der Waals surface area contributed by atoms with Gasteiger partial charge in [0.25, 0.3) is 0 Å². The first-order valence-electron chi connectivity index (χ1n) is 3.15. The molecule has 0 aromatic carbocycles. The second-order valence-corrected chi connectivity index (χ2v) is 4.66. The fourth-order valence-corrected chi connectivity index (χ4v) is 2.07. The zero-order chi connectivity index (χ0) is 7.83. The molecule has 60 valence electrons. The van der Waals surface area contributed by atoms with E-state index in [2.05, 4.69) is 0 Å². The normalized spacial score (nSPS) is 22.6. The summed E-state index contributed by atoms with van der Waals surface area (Å²) in [6, 6.07) is 0. The van der Waals surface area contributed by atoms with E-state index >= 15 is 0 Å². The van der Waals surface area contributed by atoms with Crippen molar-refractivity contribution in [1.82, 2.24) is 0 Å². The smallest absolute Gasteiger partial charge is 0.214 e. The highest BCUT2D eigenvalue weighted by Crippen LogP contribution is 2.44. The van der Waals surface area contributed by atoms with E-state index in [-0.39, 0.29) is 13.0 Å². The fraction of sp³-hybridized carbons (Fsp3) is 1.00. The van der Waals surface area contributed by atoms with E-state index in [1.54, 1.807) is 0 Å². The molecule has 0 saturated heterocycles. The molecule has 1 aliphatic rings. The van der Waals surface area contributed by atoms with Crippen molar-refractivity contribution < 1.29 is 13.5 Å².